The largest absolute Gasteiger partial charge is 0.364 e. The number of carbonyl (C=O) groups excluding carboxylic acids is 2. The van der Waals surface area contributed by atoms with Gasteiger partial charge in [-0.15, -0.1) is 0 Å². The lowest BCUT2D eigenvalue weighted by molar-refractivity contribution is -0.117. The Balaban J connectivity index is 1.88. The van der Waals surface area contributed by atoms with Crippen LogP contribution in [0.1, 0.15) is 30.3 Å². The van der Waals surface area contributed by atoms with Gasteiger partial charge in [0.05, 0.1) is 11.9 Å². The molecule has 0 saturated carbocycles. The first-order valence-electron chi connectivity index (χ1n) is 9.14. The molecule has 1 fully saturated rings. The smallest absolute Gasteiger partial charge is 0.271 e. The summed E-state index contributed by atoms with van der Waals surface area (Å²) in [6.45, 7) is 6.31. The third kappa shape index (κ3) is 4.13. The number of primary amides is 1. The van der Waals surface area contributed by atoms with Gasteiger partial charge in [0.25, 0.3) is 5.91 Å². The predicted octanol–water partition coefficient (Wildman–Crippen LogP) is 1.32. The van der Waals surface area contributed by atoms with Crippen molar-refractivity contribution in [3.05, 3.63) is 43.0 Å². The third-order valence-corrected chi connectivity index (χ3v) is 4.88. The molecule has 28 heavy (non-hydrogen) atoms. The Bertz CT molecular complexity index is 892. The van der Waals surface area contributed by atoms with Crippen LogP contribution in [0.2, 0.25) is 0 Å². The minimum absolute atomic E-state index is 0.0101. The van der Waals surface area contributed by atoms with Gasteiger partial charge in [-0.1, -0.05) is 6.58 Å². The summed E-state index contributed by atoms with van der Waals surface area (Å²) in [6, 6.07) is 1.85. The van der Waals surface area contributed by atoms with E-state index >= 15 is 0 Å². The van der Waals surface area contributed by atoms with Gasteiger partial charge in [-0.2, -0.15) is 0 Å². The molecular weight excluding hydrogens is 358 g/mol. The molecule has 2 amide bonds. The van der Waals surface area contributed by atoms with E-state index in [1.807, 2.05) is 37.0 Å². The maximum atomic E-state index is 11.8. The topological polar surface area (TPSA) is 118 Å². The number of hydrogen-bond donors (Lipinski definition) is 3. The SMILES string of the molecule is C=CC(=O)N[C@@H]1CCCN(c2cnc(C(N)=O)c(Nc3ccn(C)c3)n2)[C@@H]1C. The van der Waals surface area contributed by atoms with Gasteiger partial charge in [-0.25, -0.2) is 9.97 Å². The Kier molecular flexibility index (Phi) is 5.62. The van der Waals surface area contributed by atoms with E-state index in [0.717, 1.165) is 25.1 Å². The molecule has 1 aliphatic heterocycles. The fourth-order valence-corrected chi connectivity index (χ4v) is 3.40. The van der Waals surface area contributed by atoms with Crippen molar-refractivity contribution in [1.82, 2.24) is 19.9 Å². The van der Waals surface area contributed by atoms with Crippen LogP contribution in [-0.4, -0.2) is 45.0 Å². The average Bonchev–Trinajstić information content (AvgIpc) is 3.07. The molecule has 0 spiro atoms. The molecule has 9 heteroatoms. The molecule has 0 bridgehead atoms. The lowest BCUT2D eigenvalue weighted by Crippen LogP contribution is -2.54. The molecule has 0 aromatic carbocycles. The molecule has 1 saturated heterocycles. The summed E-state index contributed by atoms with van der Waals surface area (Å²) in [5.74, 6) is 0.0784. The van der Waals surface area contributed by atoms with Gasteiger partial charge < -0.3 is 25.8 Å². The number of nitrogens with one attached hydrogen (secondary N) is 2. The molecular formula is C19H25N7O2. The second-order valence-electron chi connectivity index (χ2n) is 6.88. The molecule has 0 radical (unpaired) electrons. The maximum absolute atomic E-state index is 11.8. The van der Waals surface area contributed by atoms with Crippen LogP contribution in [0.5, 0.6) is 0 Å². The first-order valence-corrected chi connectivity index (χ1v) is 9.14. The number of anilines is 3. The molecule has 3 heterocycles. The predicted molar refractivity (Wildman–Crippen MR) is 107 cm³/mol. The highest BCUT2D eigenvalue weighted by Gasteiger charge is 2.30. The van der Waals surface area contributed by atoms with Gasteiger partial charge in [0.15, 0.2) is 11.5 Å². The quantitative estimate of drug-likeness (QED) is 0.648. The molecule has 1 aliphatic rings. The number of hydrogen-bond acceptors (Lipinski definition) is 6. The summed E-state index contributed by atoms with van der Waals surface area (Å²) in [5.41, 5.74) is 6.32. The number of nitrogens with two attached hydrogens (primary N) is 1. The summed E-state index contributed by atoms with van der Waals surface area (Å²) in [7, 11) is 1.90. The number of amides is 2. The Morgan fingerprint density at radius 1 is 1.43 bits per heavy atom. The molecule has 2 atom stereocenters. The van der Waals surface area contributed by atoms with Gasteiger partial charge in [0.1, 0.15) is 5.82 Å². The summed E-state index contributed by atoms with van der Waals surface area (Å²) >= 11 is 0. The van der Waals surface area contributed by atoms with Crippen molar-refractivity contribution in [2.24, 2.45) is 12.8 Å². The maximum Gasteiger partial charge on any atom is 0.271 e. The Hall–Kier alpha value is -3.36. The minimum atomic E-state index is -0.653. The monoisotopic (exact) mass is 383 g/mol. The van der Waals surface area contributed by atoms with E-state index in [2.05, 4.69) is 32.1 Å². The number of nitrogens with zero attached hydrogens (tertiary/aromatic N) is 4. The van der Waals surface area contributed by atoms with Crippen molar-refractivity contribution >= 4 is 29.1 Å². The normalized spacial score (nSPS) is 19.1. The fourth-order valence-electron chi connectivity index (χ4n) is 3.40. The Morgan fingerprint density at radius 3 is 2.86 bits per heavy atom. The van der Waals surface area contributed by atoms with Crippen molar-refractivity contribution < 1.29 is 9.59 Å². The van der Waals surface area contributed by atoms with Crippen LogP contribution in [0.3, 0.4) is 0 Å². The highest BCUT2D eigenvalue weighted by Crippen LogP contribution is 2.26. The zero-order chi connectivity index (χ0) is 20.3. The van der Waals surface area contributed by atoms with E-state index in [0.29, 0.717) is 11.6 Å². The van der Waals surface area contributed by atoms with Gasteiger partial charge in [0.2, 0.25) is 5.91 Å². The molecule has 9 nitrogen and oxygen atoms in total. The molecule has 4 N–H and O–H groups in total. The van der Waals surface area contributed by atoms with Crippen LogP contribution in [-0.2, 0) is 11.8 Å². The lowest BCUT2D eigenvalue weighted by atomic mass is 9.97. The second kappa shape index (κ2) is 8.12. The molecule has 0 aliphatic carbocycles. The highest BCUT2D eigenvalue weighted by molar-refractivity contribution is 5.96. The first kappa shape index (κ1) is 19.4. The van der Waals surface area contributed by atoms with E-state index < -0.39 is 5.91 Å². The van der Waals surface area contributed by atoms with Crippen molar-refractivity contribution in [3.8, 4) is 0 Å². The zero-order valence-electron chi connectivity index (χ0n) is 16.1. The van der Waals surface area contributed by atoms with E-state index in [4.69, 9.17) is 5.73 Å². The van der Waals surface area contributed by atoms with Crippen LogP contribution in [0, 0.1) is 0 Å². The minimum Gasteiger partial charge on any atom is -0.364 e. The number of aryl methyl sites for hydroxylation is 1. The zero-order valence-corrected chi connectivity index (χ0v) is 16.1. The molecule has 3 rings (SSSR count). The summed E-state index contributed by atoms with van der Waals surface area (Å²) in [5, 5.41) is 6.08. The van der Waals surface area contributed by atoms with E-state index in [-0.39, 0.29) is 23.7 Å². The fraction of sp³-hybridized carbons (Fsp3) is 0.368. The van der Waals surface area contributed by atoms with Crippen LogP contribution < -0.4 is 21.3 Å². The van der Waals surface area contributed by atoms with Gasteiger partial charge in [-0.05, 0) is 31.9 Å². The van der Waals surface area contributed by atoms with Crippen molar-refractivity contribution in [2.45, 2.75) is 31.8 Å². The average molecular weight is 383 g/mol. The Morgan fingerprint density at radius 2 is 2.21 bits per heavy atom. The van der Waals surface area contributed by atoms with Crippen LogP contribution in [0.15, 0.2) is 37.3 Å². The van der Waals surface area contributed by atoms with Gasteiger partial charge in [-0.3, -0.25) is 9.59 Å². The molecule has 0 unspecified atom stereocenters. The van der Waals surface area contributed by atoms with Gasteiger partial charge in [0, 0.05) is 38.1 Å². The second-order valence-corrected chi connectivity index (χ2v) is 6.88. The van der Waals surface area contributed by atoms with E-state index in [1.54, 1.807) is 6.20 Å². The molecule has 2 aromatic heterocycles. The molecule has 2 aromatic rings. The standard InChI is InChI=1S/C19H25N7O2/c1-4-16(27)23-14-6-5-8-26(12(14)2)15-10-21-17(18(20)28)19(24-15)22-13-7-9-25(3)11-13/h4,7,9-12,14H,1,5-6,8H2,2-3H3,(H2,20,28)(H,22,24)(H,23,27)/t12-,14-/m1/s1. The highest BCUT2D eigenvalue weighted by atomic mass is 16.2. The summed E-state index contributed by atoms with van der Waals surface area (Å²) in [6.07, 6.45) is 8.33. The van der Waals surface area contributed by atoms with E-state index in [9.17, 15) is 9.59 Å². The molecule has 148 valence electrons. The summed E-state index contributed by atoms with van der Waals surface area (Å²) < 4.78 is 1.88. The third-order valence-electron chi connectivity index (χ3n) is 4.88. The number of rotatable bonds is 6. The van der Waals surface area contributed by atoms with Crippen molar-refractivity contribution in [3.63, 3.8) is 0 Å². The van der Waals surface area contributed by atoms with Crippen molar-refractivity contribution in [2.75, 3.05) is 16.8 Å². The lowest BCUT2D eigenvalue weighted by Gasteiger charge is -2.40. The first-order chi connectivity index (χ1) is 13.4. The van der Waals surface area contributed by atoms with Crippen LogP contribution in [0.4, 0.5) is 17.3 Å². The summed E-state index contributed by atoms with van der Waals surface area (Å²) in [4.78, 5) is 34.4. The van der Waals surface area contributed by atoms with Gasteiger partial charge >= 0.3 is 0 Å². The van der Waals surface area contributed by atoms with Crippen LogP contribution in [0.25, 0.3) is 0 Å². The van der Waals surface area contributed by atoms with Crippen LogP contribution >= 0.6 is 0 Å². The number of carbonyl (C=O) groups is 2. The number of piperidine rings is 1. The number of aromatic nitrogens is 3. The Labute approximate surface area is 163 Å². The van der Waals surface area contributed by atoms with E-state index in [1.165, 1.54) is 6.08 Å². The van der Waals surface area contributed by atoms with Crippen molar-refractivity contribution in [1.29, 1.82) is 0 Å².